The number of fused-ring (bicyclic) bond motifs is 1. The third-order valence-electron chi connectivity index (χ3n) is 6.09. The lowest BCUT2D eigenvalue weighted by atomic mass is 9.54. The lowest BCUT2D eigenvalue weighted by Crippen LogP contribution is -2.58. The van der Waals surface area contributed by atoms with Crippen LogP contribution in [0.5, 0.6) is 5.75 Å². The molecule has 0 spiro atoms. The number of hydrogen-bond acceptors (Lipinski definition) is 3. The van der Waals surface area contributed by atoms with Gasteiger partial charge in [0.05, 0.1) is 5.56 Å². The molecule has 3 atom stereocenters. The number of rotatable bonds is 1. The molecule has 1 aliphatic heterocycles. The molecule has 1 saturated heterocycles. The molecule has 4 nitrogen and oxygen atoms in total. The maximum atomic E-state index is 11.6. The monoisotopic (exact) mass is 298 g/mol. The van der Waals surface area contributed by atoms with E-state index in [9.17, 15) is 9.90 Å². The molecule has 4 rings (SSSR count). The lowest BCUT2D eigenvalue weighted by molar-refractivity contribution is 0.0460. The highest BCUT2D eigenvalue weighted by molar-refractivity contribution is 5.96. The predicted octanol–water partition coefficient (Wildman–Crippen LogP) is 1.96. The number of benzene rings is 1. The van der Waals surface area contributed by atoms with E-state index in [0.717, 1.165) is 37.8 Å². The van der Waals surface area contributed by atoms with Crippen LogP contribution in [0.3, 0.4) is 0 Å². The quantitative estimate of drug-likeness (QED) is 0.779. The SMILES string of the molecule is CN1CC[C@]23CCC=CC2[C@H]1Cc1ccc(C(N)=O)c(O)c13. The van der Waals surface area contributed by atoms with E-state index in [1.165, 1.54) is 5.56 Å². The van der Waals surface area contributed by atoms with Crippen LogP contribution in [-0.4, -0.2) is 35.5 Å². The van der Waals surface area contributed by atoms with Crippen molar-refractivity contribution in [1.29, 1.82) is 0 Å². The first-order valence-corrected chi connectivity index (χ1v) is 8.06. The fourth-order valence-corrected chi connectivity index (χ4v) is 5.02. The van der Waals surface area contributed by atoms with Gasteiger partial charge in [0, 0.05) is 22.9 Å². The Morgan fingerprint density at radius 2 is 2.23 bits per heavy atom. The number of carbonyl (C=O) groups is 1. The topological polar surface area (TPSA) is 66.6 Å². The van der Waals surface area contributed by atoms with E-state index in [-0.39, 0.29) is 16.7 Å². The fraction of sp³-hybridized carbons (Fsp3) is 0.500. The van der Waals surface area contributed by atoms with Gasteiger partial charge in [0.2, 0.25) is 0 Å². The van der Waals surface area contributed by atoms with Crippen LogP contribution in [0.1, 0.15) is 40.7 Å². The van der Waals surface area contributed by atoms with Gasteiger partial charge in [-0.05, 0) is 50.9 Å². The summed E-state index contributed by atoms with van der Waals surface area (Å²) < 4.78 is 0. The number of nitrogens with two attached hydrogens (primary N) is 1. The fourth-order valence-electron chi connectivity index (χ4n) is 5.02. The van der Waals surface area contributed by atoms with Gasteiger partial charge in [0.25, 0.3) is 5.91 Å². The van der Waals surface area contributed by atoms with E-state index in [1.54, 1.807) is 6.07 Å². The van der Waals surface area contributed by atoms with Gasteiger partial charge in [-0.2, -0.15) is 0 Å². The van der Waals surface area contributed by atoms with Crippen molar-refractivity contribution in [1.82, 2.24) is 4.90 Å². The Morgan fingerprint density at radius 1 is 1.41 bits per heavy atom. The number of primary amides is 1. The van der Waals surface area contributed by atoms with Gasteiger partial charge in [-0.3, -0.25) is 4.79 Å². The summed E-state index contributed by atoms with van der Waals surface area (Å²) in [5.74, 6) is 0.00415. The minimum Gasteiger partial charge on any atom is -0.507 e. The summed E-state index contributed by atoms with van der Waals surface area (Å²) in [5, 5.41) is 10.8. The average molecular weight is 298 g/mol. The second kappa shape index (κ2) is 4.59. The molecule has 1 aromatic carbocycles. The van der Waals surface area contributed by atoms with Crippen LogP contribution in [0, 0.1) is 5.92 Å². The van der Waals surface area contributed by atoms with E-state index in [1.807, 2.05) is 6.07 Å². The molecule has 0 radical (unpaired) electrons. The highest BCUT2D eigenvalue weighted by Gasteiger charge is 2.53. The number of aromatic hydroxyl groups is 1. The molecule has 1 unspecified atom stereocenters. The molecule has 4 heteroatoms. The number of amides is 1. The molecule has 2 aliphatic carbocycles. The summed E-state index contributed by atoms with van der Waals surface area (Å²) in [6, 6.07) is 4.16. The molecule has 1 heterocycles. The smallest absolute Gasteiger partial charge is 0.252 e. The standard InChI is InChI=1S/C18H22N2O2/c1-20-9-8-18-7-3-2-4-13(18)14(20)10-11-5-6-12(17(19)22)16(21)15(11)18/h2,4-6,13-14,21H,3,7-10H2,1H3,(H2,19,22)/t13?,14-,18-/m1/s1. The number of nitrogens with zero attached hydrogens (tertiary/aromatic N) is 1. The van der Waals surface area contributed by atoms with Crippen molar-refractivity contribution < 1.29 is 9.90 Å². The van der Waals surface area contributed by atoms with E-state index in [4.69, 9.17) is 5.73 Å². The van der Waals surface area contributed by atoms with Crippen LogP contribution in [0.4, 0.5) is 0 Å². The van der Waals surface area contributed by atoms with Crippen LogP contribution in [0.2, 0.25) is 0 Å². The largest absolute Gasteiger partial charge is 0.507 e. The molecule has 1 amide bonds. The van der Waals surface area contributed by atoms with Crippen LogP contribution >= 0.6 is 0 Å². The summed E-state index contributed by atoms with van der Waals surface area (Å²) in [6.45, 7) is 1.04. The molecule has 3 N–H and O–H groups in total. The van der Waals surface area contributed by atoms with Crippen molar-refractivity contribution in [3.05, 3.63) is 41.0 Å². The molecule has 1 fully saturated rings. The van der Waals surface area contributed by atoms with E-state index in [0.29, 0.717) is 12.0 Å². The maximum absolute atomic E-state index is 11.6. The van der Waals surface area contributed by atoms with Gasteiger partial charge < -0.3 is 15.7 Å². The minimum atomic E-state index is -0.547. The molecular weight excluding hydrogens is 276 g/mol. The Bertz CT molecular complexity index is 682. The van der Waals surface area contributed by atoms with Crippen molar-refractivity contribution in [2.45, 2.75) is 37.1 Å². The second-order valence-corrected chi connectivity index (χ2v) is 7.01. The Morgan fingerprint density at radius 3 is 3.00 bits per heavy atom. The van der Waals surface area contributed by atoms with Crippen molar-refractivity contribution in [3.8, 4) is 5.75 Å². The van der Waals surface area contributed by atoms with Crippen molar-refractivity contribution >= 4 is 5.91 Å². The van der Waals surface area contributed by atoms with E-state index >= 15 is 0 Å². The van der Waals surface area contributed by atoms with Gasteiger partial charge in [-0.1, -0.05) is 18.2 Å². The lowest BCUT2D eigenvalue weighted by Gasteiger charge is -2.56. The van der Waals surface area contributed by atoms with Gasteiger partial charge in [-0.15, -0.1) is 0 Å². The summed E-state index contributed by atoms with van der Waals surface area (Å²) in [6.07, 6.45) is 8.64. The zero-order valence-electron chi connectivity index (χ0n) is 12.9. The first kappa shape index (κ1) is 13.8. The molecule has 3 aliphatic rings. The number of likely N-dealkylation sites (tertiary alicyclic amines) is 1. The summed E-state index contributed by atoms with van der Waals surface area (Å²) in [4.78, 5) is 14.1. The number of piperidine rings is 1. The zero-order valence-corrected chi connectivity index (χ0v) is 12.9. The third-order valence-corrected chi connectivity index (χ3v) is 6.09. The minimum absolute atomic E-state index is 0.0327. The zero-order chi connectivity index (χ0) is 15.5. The predicted molar refractivity (Wildman–Crippen MR) is 84.9 cm³/mol. The average Bonchev–Trinajstić information content (AvgIpc) is 2.50. The number of hydrogen-bond donors (Lipinski definition) is 2. The van der Waals surface area contributed by atoms with E-state index in [2.05, 4.69) is 24.1 Å². The Kier molecular flexibility index (Phi) is 2.89. The highest BCUT2D eigenvalue weighted by atomic mass is 16.3. The van der Waals surface area contributed by atoms with E-state index < -0.39 is 5.91 Å². The number of allylic oxidation sites excluding steroid dienone is 1. The summed E-state index contributed by atoms with van der Waals surface area (Å²) in [7, 11) is 2.19. The highest BCUT2D eigenvalue weighted by Crippen LogP contribution is 2.56. The number of carbonyl (C=O) groups excluding carboxylic acids is 1. The van der Waals surface area contributed by atoms with Crippen LogP contribution in [0.25, 0.3) is 0 Å². The second-order valence-electron chi connectivity index (χ2n) is 7.01. The first-order chi connectivity index (χ1) is 10.5. The van der Waals surface area contributed by atoms with Gasteiger partial charge in [0.1, 0.15) is 5.75 Å². The normalized spacial score (nSPS) is 33.1. The molecule has 0 aromatic heterocycles. The third kappa shape index (κ3) is 1.64. The van der Waals surface area contributed by atoms with Gasteiger partial charge in [0.15, 0.2) is 0 Å². The van der Waals surface area contributed by atoms with Crippen LogP contribution in [0.15, 0.2) is 24.3 Å². The number of phenols is 1. The Balaban J connectivity index is 1.98. The molecular formula is C18H22N2O2. The number of likely N-dealkylation sites (N-methyl/N-ethyl adjacent to an activating group) is 1. The van der Waals surface area contributed by atoms with Gasteiger partial charge in [-0.25, -0.2) is 0 Å². The molecule has 22 heavy (non-hydrogen) atoms. The maximum Gasteiger partial charge on any atom is 0.252 e. The molecule has 0 saturated carbocycles. The molecule has 2 bridgehead atoms. The molecule has 116 valence electrons. The van der Waals surface area contributed by atoms with Crippen LogP contribution < -0.4 is 5.73 Å². The van der Waals surface area contributed by atoms with Crippen LogP contribution in [-0.2, 0) is 11.8 Å². The van der Waals surface area contributed by atoms with Crippen molar-refractivity contribution in [2.75, 3.05) is 13.6 Å². The Hall–Kier alpha value is -1.81. The summed E-state index contributed by atoms with van der Waals surface area (Å²) in [5.41, 5.74) is 7.86. The summed E-state index contributed by atoms with van der Waals surface area (Å²) >= 11 is 0. The first-order valence-electron chi connectivity index (χ1n) is 8.06. The van der Waals surface area contributed by atoms with Gasteiger partial charge >= 0.3 is 0 Å². The molecule has 1 aromatic rings. The van der Waals surface area contributed by atoms with Crippen molar-refractivity contribution in [2.24, 2.45) is 11.7 Å². The Labute approximate surface area is 130 Å². The van der Waals surface area contributed by atoms with Crippen molar-refractivity contribution in [3.63, 3.8) is 0 Å².